The molecule has 3 unspecified atom stereocenters. The Morgan fingerprint density at radius 2 is 2.00 bits per heavy atom. The van der Waals surface area contributed by atoms with Gasteiger partial charge in [0.2, 0.25) is 5.91 Å². The van der Waals surface area contributed by atoms with E-state index < -0.39 is 6.09 Å². The van der Waals surface area contributed by atoms with Crippen molar-refractivity contribution in [1.82, 2.24) is 10.2 Å². The number of hydrogen-bond acceptors (Lipinski definition) is 5. The lowest BCUT2D eigenvalue weighted by molar-refractivity contribution is -0.119. The summed E-state index contributed by atoms with van der Waals surface area (Å²) in [5.74, 6) is 0.317. The van der Waals surface area contributed by atoms with E-state index in [0.717, 1.165) is 18.7 Å². The van der Waals surface area contributed by atoms with Gasteiger partial charge in [0.1, 0.15) is 6.10 Å². The van der Waals surface area contributed by atoms with Gasteiger partial charge in [0.25, 0.3) is 0 Å². The molecule has 1 N–H and O–H groups in total. The molecule has 1 aromatic rings. The van der Waals surface area contributed by atoms with Crippen LogP contribution in [0.5, 0.6) is 0 Å². The maximum Gasteiger partial charge on any atom is 0.414 e. The van der Waals surface area contributed by atoms with Gasteiger partial charge in [-0.15, -0.1) is 0 Å². The van der Waals surface area contributed by atoms with Crippen molar-refractivity contribution in [3.8, 4) is 0 Å². The molecule has 29 heavy (non-hydrogen) atoms. The number of fused-ring (bicyclic) bond motifs is 1. The van der Waals surface area contributed by atoms with E-state index in [4.69, 9.17) is 9.47 Å². The van der Waals surface area contributed by atoms with Crippen molar-refractivity contribution in [3.63, 3.8) is 0 Å². The molecule has 8 heteroatoms. The first-order valence-corrected chi connectivity index (χ1v) is 10.1. The lowest BCUT2D eigenvalue weighted by Crippen LogP contribution is -2.34. The summed E-state index contributed by atoms with van der Waals surface area (Å²) in [5, 5.41) is 2.68. The molecule has 0 bridgehead atoms. The van der Waals surface area contributed by atoms with Crippen molar-refractivity contribution in [1.29, 1.82) is 0 Å². The van der Waals surface area contributed by atoms with Crippen molar-refractivity contribution in [2.75, 3.05) is 31.1 Å². The summed E-state index contributed by atoms with van der Waals surface area (Å²) < 4.78 is 10.7. The fourth-order valence-electron chi connectivity index (χ4n) is 4.41. The number of hydrogen-bond donors (Lipinski definition) is 1. The van der Waals surface area contributed by atoms with Crippen LogP contribution in [0, 0.1) is 5.92 Å². The predicted molar refractivity (Wildman–Crippen MR) is 106 cm³/mol. The van der Waals surface area contributed by atoms with E-state index in [1.54, 1.807) is 9.80 Å². The second kappa shape index (κ2) is 7.24. The lowest BCUT2D eigenvalue weighted by Gasteiger charge is -2.22. The average molecular weight is 401 g/mol. The van der Waals surface area contributed by atoms with Gasteiger partial charge >= 0.3 is 12.2 Å². The number of rotatable bonds is 5. The molecular weight excluding hydrogens is 374 g/mol. The largest absolute Gasteiger partial charge is 0.447 e. The number of likely N-dealkylation sites (tertiary alicyclic amines) is 1. The number of nitrogens with zero attached hydrogens (tertiary/aromatic N) is 2. The summed E-state index contributed by atoms with van der Waals surface area (Å²) in [6, 6.07) is 7.94. The van der Waals surface area contributed by atoms with Crippen molar-refractivity contribution < 1.29 is 23.9 Å². The smallest absolute Gasteiger partial charge is 0.414 e. The molecular formula is C21H27N3O5. The molecule has 0 aromatic heterocycles. The third kappa shape index (κ3) is 3.75. The second-order valence-electron chi connectivity index (χ2n) is 8.47. The van der Waals surface area contributed by atoms with Gasteiger partial charge in [-0.2, -0.15) is 0 Å². The predicted octanol–water partition coefficient (Wildman–Crippen LogP) is 2.27. The molecule has 1 saturated carbocycles. The van der Waals surface area contributed by atoms with Crippen LogP contribution in [0.2, 0.25) is 0 Å². The summed E-state index contributed by atoms with van der Waals surface area (Å²) in [5.41, 5.74) is 1.97. The quantitative estimate of drug-likeness (QED) is 0.818. The van der Waals surface area contributed by atoms with Gasteiger partial charge in [-0.25, -0.2) is 9.59 Å². The zero-order valence-corrected chi connectivity index (χ0v) is 17.0. The van der Waals surface area contributed by atoms with Crippen LogP contribution < -0.4 is 10.2 Å². The molecule has 2 heterocycles. The molecule has 3 amide bonds. The van der Waals surface area contributed by atoms with Crippen LogP contribution in [-0.2, 0) is 19.7 Å². The second-order valence-corrected chi connectivity index (χ2v) is 8.47. The Balaban J connectivity index is 1.40. The van der Waals surface area contributed by atoms with Crippen LogP contribution >= 0.6 is 0 Å². The number of carbonyl (C=O) groups is 3. The Morgan fingerprint density at radius 1 is 1.28 bits per heavy atom. The van der Waals surface area contributed by atoms with Crippen LogP contribution in [0.1, 0.15) is 32.8 Å². The van der Waals surface area contributed by atoms with Gasteiger partial charge in [0, 0.05) is 31.1 Å². The van der Waals surface area contributed by atoms with Crippen molar-refractivity contribution in [3.05, 3.63) is 29.8 Å². The van der Waals surface area contributed by atoms with E-state index in [2.05, 4.69) is 5.32 Å². The number of carbonyl (C=O) groups excluding carboxylic acids is 3. The molecule has 3 atom stereocenters. The highest BCUT2D eigenvalue weighted by Crippen LogP contribution is 2.59. The van der Waals surface area contributed by atoms with Crippen LogP contribution in [0.15, 0.2) is 24.3 Å². The van der Waals surface area contributed by atoms with Gasteiger partial charge in [-0.1, -0.05) is 12.1 Å². The number of benzene rings is 1. The summed E-state index contributed by atoms with van der Waals surface area (Å²) in [6.07, 6.45) is -0.0491. The molecule has 8 nitrogen and oxygen atoms in total. The number of anilines is 1. The van der Waals surface area contributed by atoms with Crippen LogP contribution in [-0.4, -0.2) is 61.4 Å². The van der Waals surface area contributed by atoms with E-state index in [-0.39, 0.29) is 29.6 Å². The van der Waals surface area contributed by atoms with Crippen LogP contribution in [0.25, 0.3) is 0 Å². The number of amides is 3. The minimum Gasteiger partial charge on any atom is -0.447 e. The average Bonchev–Trinajstić information content (AvgIpc) is 3.04. The summed E-state index contributed by atoms with van der Waals surface area (Å²) >= 11 is 0. The molecule has 2 saturated heterocycles. The zero-order chi connectivity index (χ0) is 20.8. The maximum absolute atomic E-state index is 12.2. The monoisotopic (exact) mass is 401 g/mol. The number of cyclic esters (lactones) is 1. The van der Waals surface area contributed by atoms with Gasteiger partial charge in [-0.05, 0) is 43.9 Å². The van der Waals surface area contributed by atoms with Crippen LogP contribution in [0.4, 0.5) is 15.3 Å². The first-order valence-electron chi connectivity index (χ1n) is 10.1. The van der Waals surface area contributed by atoms with Crippen molar-refractivity contribution in [2.45, 2.75) is 44.8 Å². The zero-order valence-electron chi connectivity index (χ0n) is 17.0. The highest BCUT2D eigenvalue weighted by Gasteiger charge is 2.62. The highest BCUT2D eigenvalue weighted by atomic mass is 16.6. The fraction of sp³-hybridized carbons (Fsp3) is 0.571. The number of nitrogens with one attached hydrogen (secondary N) is 1. The molecule has 2 aliphatic heterocycles. The maximum atomic E-state index is 12.2. The normalized spacial score (nSPS) is 27.7. The molecule has 0 radical (unpaired) electrons. The minimum absolute atomic E-state index is 0.00793. The Morgan fingerprint density at radius 3 is 2.66 bits per heavy atom. The van der Waals surface area contributed by atoms with E-state index in [1.165, 1.54) is 12.5 Å². The molecule has 0 spiro atoms. The molecule has 1 aromatic carbocycles. The van der Waals surface area contributed by atoms with E-state index >= 15 is 0 Å². The van der Waals surface area contributed by atoms with Gasteiger partial charge in [0.05, 0.1) is 19.2 Å². The summed E-state index contributed by atoms with van der Waals surface area (Å²) in [6.45, 7) is 7.26. The molecule has 3 aliphatic rings. The minimum atomic E-state index is -0.404. The Labute approximate surface area is 170 Å². The third-order valence-electron chi connectivity index (χ3n) is 5.95. The van der Waals surface area contributed by atoms with Crippen molar-refractivity contribution >= 4 is 23.8 Å². The number of piperidine rings is 1. The summed E-state index contributed by atoms with van der Waals surface area (Å²) in [7, 11) is 0. The molecule has 3 fully saturated rings. The Bertz CT molecular complexity index is 824. The standard InChI is InChI=1S/C21H27N3O5/c1-13(2)28-19(26)23-10-16-8-21(16,12-23)15-4-6-17(7-5-15)24-11-18(29-20(24)27)9-22-14(3)25/h4-7,13,16,18H,8-12H2,1-3H3,(H,22,25). The Kier molecular flexibility index (Phi) is 4.88. The third-order valence-corrected chi connectivity index (χ3v) is 5.95. The van der Waals surface area contributed by atoms with Gasteiger partial charge in [0.15, 0.2) is 0 Å². The first kappa shape index (κ1) is 19.5. The molecule has 156 valence electrons. The fourth-order valence-corrected chi connectivity index (χ4v) is 4.41. The number of ether oxygens (including phenoxy) is 2. The van der Waals surface area contributed by atoms with E-state index in [1.807, 2.05) is 38.1 Å². The van der Waals surface area contributed by atoms with E-state index in [9.17, 15) is 14.4 Å². The van der Waals surface area contributed by atoms with Gasteiger partial charge in [-0.3, -0.25) is 9.69 Å². The first-order chi connectivity index (χ1) is 13.8. The topological polar surface area (TPSA) is 88.2 Å². The van der Waals surface area contributed by atoms with Crippen molar-refractivity contribution in [2.24, 2.45) is 5.92 Å². The summed E-state index contributed by atoms with van der Waals surface area (Å²) in [4.78, 5) is 38.8. The molecule has 1 aliphatic carbocycles. The van der Waals surface area contributed by atoms with Crippen LogP contribution in [0.3, 0.4) is 0 Å². The highest BCUT2D eigenvalue weighted by molar-refractivity contribution is 5.89. The SMILES string of the molecule is CC(=O)NCC1CN(c2ccc(C34CC3CN(C(=O)OC(C)C)C4)cc2)C(=O)O1. The van der Waals surface area contributed by atoms with Gasteiger partial charge < -0.3 is 19.7 Å². The lowest BCUT2D eigenvalue weighted by atomic mass is 9.95. The Hall–Kier alpha value is -2.77. The van der Waals surface area contributed by atoms with E-state index in [0.29, 0.717) is 25.6 Å². The molecule has 4 rings (SSSR count).